The quantitative estimate of drug-likeness (QED) is 0.505. The Morgan fingerprint density at radius 3 is 2.50 bits per heavy atom. The lowest BCUT2D eigenvalue weighted by Gasteiger charge is -2.37. The van der Waals surface area contributed by atoms with Crippen molar-refractivity contribution in [3.8, 4) is 0 Å². The maximum Gasteiger partial charge on any atom is 0.314 e. The first-order chi connectivity index (χ1) is 6.64. The molecule has 1 saturated heterocycles. The number of nitrogens with two attached hydrogens (primary N) is 1. The molecule has 0 saturated carbocycles. The molecule has 0 aromatic rings. The molecule has 0 atom stereocenters. The molecule has 1 heterocycles. The van der Waals surface area contributed by atoms with Gasteiger partial charge in [-0.25, -0.2) is 5.90 Å². The number of rotatable bonds is 3. The van der Waals surface area contributed by atoms with E-state index in [4.69, 9.17) is 10.6 Å². The molecule has 1 fully saturated rings. The Morgan fingerprint density at radius 1 is 1.50 bits per heavy atom. The molecule has 0 bridgehead atoms. The van der Waals surface area contributed by atoms with Gasteiger partial charge in [0.15, 0.2) is 0 Å². The number of nitrogens with zero attached hydrogens (tertiary/aromatic N) is 1. The lowest BCUT2D eigenvalue weighted by atomic mass is 9.79. The summed E-state index contributed by atoms with van der Waals surface area (Å²) in [5.74, 6) is 4.84. The van der Waals surface area contributed by atoms with Gasteiger partial charge >= 0.3 is 5.97 Å². The third-order valence-corrected chi connectivity index (χ3v) is 2.92. The summed E-state index contributed by atoms with van der Waals surface area (Å²) in [4.78, 5) is 18.4. The molecule has 1 rings (SSSR count). The zero-order valence-electron chi connectivity index (χ0n) is 8.78. The number of esters is 1. The highest BCUT2D eigenvalue weighted by molar-refractivity contribution is 5.77. The van der Waals surface area contributed by atoms with Gasteiger partial charge in [0.25, 0.3) is 0 Å². The van der Waals surface area contributed by atoms with Gasteiger partial charge in [0.2, 0.25) is 0 Å². The van der Waals surface area contributed by atoms with Gasteiger partial charge in [-0.15, -0.1) is 0 Å². The van der Waals surface area contributed by atoms with Gasteiger partial charge in [-0.2, -0.15) is 0 Å². The minimum absolute atomic E-state index is 0.212. The number of carbonyl (C=O) groups excluding carboxylic acids is 1. The molecule has 5 nitrogen and oxygen atoms in total. The molecular formula is C9H18N2O3. The van der Waals surface area contributed by atoms with Gasteiger partial charge in [-0.05, 0) is 33.0 Å². The molecule has 0 radical (unpaired) electrons. The predicted molar refractivity (Wildman–Crippen MR) is 51.3 cm³/mol. The number of piperidine rings is 1. The summed E-state index contributed by atoms with van der Waals surface area (Å²) >= 11 is 0. The van der Waals surface area contributed by atoms with Gasteiger partial charge in [-0.1, -0.05) is 0 Å². The second-order valence-electron chi connectivity index (χ2n) is 3.89. The molecule has 0 aliphatic carbocycles. The van der Waals surface area contributed by atoms with Crippen LogP contribution in [0.25, 0.3) is 0 Å². The maximum absolute atomic E-state index is 11.6. The van der Waals surface area contributed by atoms with E-state index in [-0.39, 0.29) is 12.6 Å². The second-order valence-corrected chi connectivity index (χ2v) is 3.89. The lowest BCUT2D eigenvalue weighted by molar-refractivity contribution is -0.160. The summed E-state index contributed by atoms with van der Waals surface area (Å²) in [5.41, 5.74) is -0.532. The monoisotopic (exact) mass is 202 g/mol. The van der Waals surface area contributed by atoms with Crippen LogP contribution >= 0.6 is 0 Å². The van der Waals surface area contributed by atoms with Gasteiger partial charge in [0, 0.05) is 0 Å². The van der Waals surface area contributed by atoms with E-state index >= 15 is 0 Å². The maximum atomic E-state index is 11.6. The SMILES string of the molecule is COC(=O)C1(CON)CCN(C)CC1. The molecule has 0 spiro atoms. The molecule has 2 N–H and O–H groups in total. The van der Waals surface area contributed by atoms with E-state index in [1.807, 2.05) is 7.05 Å². The van der Waals surface area contributed by atoms with Crippen LogP contribution in [-0.4, -0.2) is 44.7 Å². The normalized spacial score (nSPS) is 21.9. The Labute approximate surface area is 84.1 Å². The van der Waals surface area contributed by atoms with Crippen LogP contribution in [0.3, 0.4) is 0 Å². The molecule has 82 valence electrons. The van der Waals surface area contributed by atoms with Crippen molar-refractivity contribution in [3.63, 3.8) is 0 Å². The van der Waals surface area contributed by atoms with Crippen molar-refractivity contribution in [2.24, 2.45) is 11.3 Å². The molecular weight excluding hydrogens is 184 g/mol. The highest BCUT2D eigenvalue weighted by Crippen LogP contribution is 2.32. The first kappa shape index (κ1) is 11.4. The van der Waals surface area contributed by atoms with E-state index in [0.29, 0.717) is 0 Å². The highest BCUT2D eigenvalue weighted by atomic mass is 16.6. The fourth-order valence-electron chi connectivity index (χ4n) is 1.83. The Morgan fingerprint density at radius 2 is 2.07 bits per heavy atom. The second kappa shape index (κ2) is 4.72. The zero-order valence-corrected chi connectivity index (χ0v) is 8.78. The summed E-state index contributed by atoms with van der Waals surface area (Å²) in [6, 6.07) is 0. The molecule has 1 aliphatic rings. The molecule has 1 aliphatic heterocycles. The third-order valence-electron chi connectivity index (χ3n) is 2.92. The van der Waals surface area contributed by atoms with Gasteiger partial charge in [0.1, 0.15) is 0 Å². The van der Waals surface area contributed by atoms with E-state index in [9.17, 15) is 4.79 Å². The van der Waals surface area contributed by atoms with Crippen LogP contribution in [-0.2, 0) is 14.4 Å². The van der Waals surface area contributed by atoms with Crippen LogP contribution in [0, 0.1) is 5.41 Å². The van der Waals surface area contributed by atoms with Gasteiger partial charge in [0.05, 0.1) is 19.1 Å². The minimum Gasteiger partial charge on any atom is -0.469 e. The van der Waals surface area contributed by atoms with E-state index < -0.39 is 5.41 Å². The average Bonchev–Trinajstić information content (AvgIpc) is 2.21. The third kappa shape index (κ3) is 2.23. The number of carbonyl (C=O) groups is 1. The smallest absolute Gasteiger partial charge is 0.314 e. The van der Waals surface area contributed by atoms with Crippen LogP contribution in [0.1, 0.15) is 12.8 Å². The Balaban J connectivity index is 2.67. The first-order valence-corrected chi connectivity index (χ1v) is 4.73. The van der Waals surface area contributed by atoms with Gasteiger partial charge in [-0.3, -0.25) is 4.79 Å². The van der Waals surface area contributed by atoms with Crippen molar-refractivity contribution >= 4 is 5.97 Å². The number of hydrogen-bond acceptors (Lipinski definition) is 5. The summed E-state index contributed by atoms with van der Waals surface area (Å²) in [7, 11) is 3.43. The first-order valence-electron chi connectivity index (χ1n) is 4.73. The van der Waals surface area contributed by atoms with Crippen LogP contribution in [0.15, 0.2) is 0 Å². The van der Waals surface area contributed by atoms with Crippen molar-refractivity contribution in [1.29, 1.82) is 0 Å². The van der Waals surface area contributed by atoms with Crippen LogP contribution < -0.4 is 5.90 Å². The number of hydrogen-bond donors (Lipinski definition) is 1. The largest absolute Gasteiger partial charge is 0.469 e. The highest BCUT2D eigenvalue weighted by Gasteiger charge is 2.42. The fraction of sp³-hybridized carbons (Fsp3) is 0.889. The molecule has 0 aromatic heterocycles. The fourth-order valence-corrected chi connectivity index (χ4v) is 1.83. The van der Waals surface area contributed by atoms with Crippen molar-refractivity contribution < 1.29 is 14.4 Å². The number of likely N-dealkylation sites (tertiary alicyclic amines) is 1. The van der Waals surface area contributed by atoms with Crippen LogP contribution in [0.2, 0.25) is 0 Å². The van der Waals surface area contributed by atoms with Crippen molar-refractivity contribution in [1.82, 2.24) is 4.90 Å². The molecule has 0 aromatic carbocycles. The van der Waals surface area contributed by atoms with Crippen LogP contribution in [0.5, 0.6) is 0 Å². The van der Waals surface area contributed by atoms with Gasteiger partial charge < -0.3 is 14.5 Å². The van der Waals surface area contributed by atoms with Crippen molar-refractivity contribution in [3.05, 3.63) is 0 Å². The number of ether oxygens (including phenoxy) is 1. The average molecular weight is 202 g/mol. The molecule has 14 heavy (non-hydrogen) atoms. The van der Waals surface area contributed by atoms with E-state index in [0.717, 1.165) is 25.9 Å². The molecule has 5 heteroatoms. The van der Waals surface area contributed by atoms with E-state index in [2.05, 4.69) is 9.74 Å². The summed E-state index contributed by atoms with van der Waals surface area (Å²) in [6.45, 7) is 1.99. The van der Waals surface area contributed by atoms with E-state index in [1.54, 1.807) is 0 Å². The Hall–Kier alpha value is -0.650. The Bertz CT molecular complexity index is 200. The lowest BCUT2D eigenvalue weighted by Crippen LogP contribution is -2.46. The number of methoxy groups -OCH3 is 1. The summed E-state index contributed by atoms with van der Waals surface area (Å²) in [6.07, 6.45) is 1.49. The van der Waals surface area contributed by atoms with E-state index in [1.165, 1.54) is 7.11 Å². The molecule has 0 unspecified atom stereocenters. The van der Waals surface area contributed by atoms with Crippen LogP contribution in [0.4, 0.5) is 0 Å². The summed E-state index contributed by atoms with van der Waals surface area (Å²) < 4.78 is 4.79. The Kier molecular flexibility index (Phi) is 3.86. The van der Waals surface area contributed by atoms with Crippen molar-refractivity contribution in [2.75, 3.05) is 33.9 Å². The predicted octanol–water partition coefficient (Wildman–Crippen LogP) is -0.238. The topological polar surface area (TPSA) is 64.8 Å². The zero-order chi connectivity index (χ0) is 10.6. The molecule has 0 amide bonds. The minimum atomic E-state index is -0.532. The summed E-state index contributed by atoms with van der Waals surface area (Å²) in [5, 5.41) is 0. The van der Waals surface area contributed by atoms with Crippen molar-refractivity contribution in [2.45, 2.75) is 12.8 Å². The standard InChI is InChI=1S/C9H18N2O3/c1-11-5-3-9(4-6-11,7-14-10)8(12)13-2/h3-7,10H2,1-2H3.